The largest absolute Gasteiger partial charge is 0.310 e. The summed E-state index contributed by atoms with van der Waals surface area (Å²) in [6.45, 7) is 1.91. The summed E-state index contributed by atoms with van der Waals surface area (Å²) in [7, 11) is -3.63. The van der Waals surface area contributed by atoms with E-state index in [1.807, 2.05) is 0 Å². The molecule has 33 heavy (non-hydrogen) atoms. The Kier molecular flexibility index (Phi) is 5.33. The number of carbonyl (C=O) groups is 3. The highest BCUT2D eigenvalue weighted by molar-refractivity contribution is 7.89. The molecule has 0 spiro atoms. The summed E-state index contributed by atoms with van der Waals surface area (Å²) in [6.07, 6.45) is 4.26. The maximum atomic E-state index is 13.3. The highest BCUT2D eigenvalue weighted by Crippen LogP contribution is 2.33. The van der Waals surface area contributed by atoms with E-state index in [1.54, 1.807) is 43.3 Å². The van der Waals surface area contributed by atoms with Crippen molar-refractivity contribution in [1.29, 1.82) is 0 Å². The molecule has 2 heterocycles. The van der Waals surface area contributed by atoms with E-state index in [0.717, 1.165) is 36.1 Å². The molecule has 0 radical (unpaired) electrons. The Morgan fingerprint density at radius 3 is 2.30 bits per heavy atom. The van der Waals surface area contributed by atoms with Gasteiger partial charge in [0.05, 0.1) is 16.0 Å². The van der Waals surface area contributed by atoms with E-state index in [9.17, 15) is 22.8 Å². The third kappa shape index (κ3) is 3.65. The fraction of sp³-hybridized carbons (Fsp3) is 0.375. The van der Waals surface area contributed by atoms with E-state index in [1.165, 1.54) is 11.0 Å². The molecule has 172 valence electrons. The molecule has 0 aromatic heterocycles. The number of hydrogen-bond donors (Lipinski definition) is 1. The van der Waals surface area contributed by atoms with Crippen LogP contribution in [-0.4, -0.2) is 49.7 Å². The number of carbonyl (C=O) groups excluding carboxylic acids is 3. The first-order valence-electron chi connectivity index (χ1n) is 11.2. The maximum absolute atomic E-state index is 13.3. The molecule has 2 aliphatic heterocycles. The summed E-state index contributed by atoms with van der Waals surface area (Å²) >= 11 is 0. The molecule has 8 nitrogen and oxygen atoms in total. The average Bonchev–Trinajstić information content (AvgIpc) is 3.52. The Morgan fingerprint density at radius 1 is 1.03 bits per heavy atom. The number of nitrogens with one attached hydrogen (secondary N) is 1. The number of anilines is 1. The van der Waals surface area contributed by atoms with E-state index >= 15 is 0 Å². The van der Waals surface area contributed by atoms with Crippen molar-refractivity contribution in [2.24, 2.45) is 0 Å². The summed E-state index contributed by atoms with van der Waals surface area (Å²) in [5, 5.41) is 0. The van der Waals surface area contributed by atoms with E-state index in [-0.39, 0.29) is 16.8 Å². The van der Waals surface area contributed by atoms with Crippen LogP contribution in [0.2, 0.25) is 0 Å². The first-order valence-corrected chi connectivity index (χ1v) is 12.7. The Bertz CT molecular complexity index is 1230. The molecule has 0 bridgehead atoms. The van der Waals surface area contributed by atoms with Gasteiger partial charge in [0.25, 0.3) is 11.8 Å². The van der Waals surface area contributed by atoms with Gasteiger partial charge in [-0.2, -0.15) is 0 Å². The van der Waals surface area contributed by atoms with Gasteiger partial charge in [-0.05, 0) is 62.1 Å². The van der Waals surface area contributed by atoms with Gasteiger partial charge in [-0.3, -0.25) is 19.3 Å². The van der Waals surface area contributed by atoms with Crippen molar-refractivity contribution in [1.82, 2.24) is 9.62 Å². The molecule has 9 heteroatoms. The van der Waals surface area contributed by atoms with Crippen molar-refractivity contribution in [2.45, 2.75) is 56.0 Å². The standard InChI is InChI=1S/C24H25N3O5S/c1-15(27-23(29)19-8-4-5-9-20(19)24(27)30)22(28)26-13-12-16-14-18(10-11-21(16)26)33(31,32)25-17-6-2-3-7-17/h4-5,8-11,14-15,17,25H,2-3,6-7,12-13H2,1H3. The lowest BCUT2D eigenvalue weighted by molar-refractivity contribution is -0.121. The predicted octanol–water partition coefficient (Wildman–Crippen LogP) is 2.48. The molecular formula is C24H25N3O5S. The fourth-order valence-electron chi connectivity index (χ4n) is 5.00. The molecule has 1 saturated carbocycles. The Hall–Kier alpha value is -3.04. The van der Waals surface area contributed by atoms with Gasteiger partial charge >= 0.3 is 0 Å². The molecule has 3 aliphatic rings. The second-order valence-corrected chi connectivity index (χ2v) is 10.5. The van der Waals surface area contributed by atoms with Gasteiger partial charge in [0, 0.05) is 18.3 Å². The van der Waals surface area contributed by atoms with E-state index < -0.39 is 27.9 Å². The first-order chi connectivity index (χ1) is 15.8. The third-order valence-corrected chi connectivity index (χ3v) is 8.29. The zero-order valence-electron chi connectivity index (χ0n) is 18.3. The summed E-state index contributed by atoms with van der Waals surface area (Å²) in [5.74, 6) is -1.33. The van der Waals surface area contributed by atoms with Crippen molar-refractivity contribution < 1.29 is 22.8 Å². The monoisotopic (exact) mass is 467 g/mol. The van der Waals surface area contributed by atoms with Crippen LogP contribution in [-0.2, 0) is 21.2 Å². The van der Waals surface area contributed by atoms with Crippen LogP contribution in [0.4, 0.5) is 5.69 Å². The molecule has 1 unspecified atom stereocenters. The molecule has 1 fully saturated rings. The van der Waals surface area contributed by atoms with Crippen LogP contribution in [0.15, 0.2) is 47.4 Å². The van der Waals surface area contributed by atoms with Gasteiger partial charge < -0.3 is 4.90 Å². The molecule has 0 saturated heterocycles. The predicted molar refractivity (Wildman–Crippen MR) is 121 cm³/mol. The number of fused-ring (bicyclic) bond motifs is 2. The van der Waals surface area contributed by atoms with Crippen LogP contribution in [0.5, 0.6) is 0 Å². The summed E-state index contributed by atoms with van der Waals surface area (Å²) in [5.41, 5.74) is 1.97. The smallest absolute Gasteiger partial charge is 0.262 e. The van der Waals surface area contributed by atoms with Gasteiger partial charge in [-0.1, -0.05) is 25.0 Å². The fourth-order valence-corrected chi connectivity index (χ4v) is 6.36. The number of imide groups is 1. The van der Waals surface area contributed by atoms with Gasteiger partial charge in [0.15, 0.2) is 0 Å². The van der Waals surface area contributed by atoms with Crippen LogP contribution >= 0.6 is 0 Å². The minimum absolute atomic E-state index is 0.0261. The van der Waals surface area contributed by atoms with E-state index in [2.05, 4.69) is 4.72 Å². The second kappa shape index (κ2) is 8.07. The van der Waals surface area contributed by atoms with Crippen LogP contribution in [0, 0.1) is 0 Å². The zero-order valence-corrected chi connectivity index (χ0v) is 19.1. The lowest BCUT2D eigenvalue weighted by Gasteiger charge is -2.27. The SMILES string of the molecule is CC(C(=O)N1CCc2cc(S(=O)(=O)NC3CCCC3)ccc21)N1C(=O)c2ccccc2C1=O. The summed E-state index contributed by atoms with van der Waals surface area (Å²) in [4.78, 5) is 41.6. The minimum Gasteiger partial charge on any atom is -0.310 e. The average molecular weight is 468 g/mol. The highest BCUT2D eigenvalue weighted by Gasteiger charge is 2.42. The Morgan fingerprint density at radius 2 is 1.67 bits per heavy atom. The van der Waals surface area contributed by atoms with Crippen molar-refractivity contribution >= 4 is 33.4 Å². The van der Waals surface area contributed by atoms with Crippen molar-refractivity contribution in [3.05, 3.63) is 59.2 Å². The normalized spacial score (nSPS) is 19.2. The van der Waals surface area contributed by atoms with E-state index in [4.69, 9.17) is 0 Å². The molecule has 2 aromatic carbocycles. The Balaban J connectivity index is 1.36. The molecule has 3 amide bonds. The summed E-state index contributed by atoms with van der Waals surface area (Å²) < 4.78 is 28.4. The van der Waals surface area contributed by atoms with Crippen LogP contribution in [0.3, 0.4) is 0 Å². The van der Waals surface area contributed by atoms with Gasteiger partial charge in [0.2, 0.25) is 15.9 Å². The van der Waals surface area contributed by atoms with E-state index in [0.29, 0.717) is 29.8 Å². The lowest BCUT2D eigenvalue weighted by atomic mass is 10.1. The minimum atomic E-state index is -3.63. The quantitative estimate of drug-likeness (QED) is 0.681. The van der Waals surface area contributed by atoms with Crippen molar-refractivity contribution in [3.63, 3.8) is 0 Å². The number of hydrogen-bond acceptors (Lipinski definition) is 5. The second-order valence-electron chi connectivity index (χ2n) is 8.83. The van der Waals surface area contributed by atoms with Crippen LogP contribution in [0.1, 0.15) is 58.9 Å². The van der Waals surface area contributed by atoms with Gasteiger partial charge in [-0.25, -0.2) is 13.1 Å². The number of benzene rings is 2. The third-order valence-electron chi connectivity index (χ3n) is 6.77. The molecular weight excluding hydrogens is 442 g/mol. The lowest BCUT2D eigenvalue weighted by Crippen LogP contribution is -2.49. The van der Waals surface area contributed by atoms with Crippen LogP contribution < -0.4 is 9.62 Å². The number of rotatable bonds is 5. The number of nitrogens with zero attached hydrogens (tertiary/aromatic N) is 2. The Labute approximate surface area is 192 Å². The molecule has 5 rings (SSSR count). The molecule has 1 aliphatic carbocycles. The first kappa shape index (κ1) is 21.8. The molecule has 1 N–H and O–H groups in total. The molecule has 1 atom stereocenters. The zero-order chi connectivity index (χ0) is 23.3. The molecule has 2 aromatic rings. The topological polar surface area (TPSA) is 104 Å². The van der Waals surface area contributed by atoms with Crippen LogP contribution in [0.25, 0.3) is 0 Å². The van der Waals surface area contributed by atoms with Crippen molar-refractivity contribution in [3.8, 4) is 0 Å². The van der Waals surface area contributed by atoms with Gasteiger partial charge in [0.1, 0.15) is 6.04 Å². The maximum Gasteiger partial charge on any atom is 0.262 e. The number of sulfonamides is 1. The number of amides is 3. The summed E-state index contributed by atoms with van der Waals surface area (Å²) in [6, 6.07) is 10.3. The van der Waals surface area contributed by atoms with Crippen molar-refractivity contribution in [2.75, 3.05) is 11.4 Å². The highest BCUT2D eigenvalue weighted by atomic mass is 32.2. The van der Waals surface area contributed by atoms with Gasteiger partial charge in [-0.15, -0.1) is 0 Å².